The molecule has 1 aliphatic heterocycles. The molecule has 0 atom stereocenters. The predicted octanol–water partition coefficient (Wildman–Crippen LogP) is 2.21. The molecule has 0 aliphatic carbocycles. The minimum absolute atomic E-state index is 0.169. The minimum atomic E-state index is 0.169. The molecule has 2 rings (SSSR count). The molecule has 4 nitrogen and oxygen atoms in total. The first kappa shape index (κ1) is 15.3. The van der Waals surface area contributed by atoms with E-state index >= 15 is 0 Å². The fourth-order valence-electron chi connectivity index (χ4n) is 2.45. The highest BCUT2D eigenvalue weighted by atomic mass is 79.9. The molecule has 1 amide bonds. The van der Waals surface area contributed by atoms with Crippen LogP contribution in [0.4, 0.5) is 0 Å². The molecule has 0 radical (unpaired) electrons. The van der Waals surface area contributed by atoms with Crippen LogP contribution < -0.4 is 10.1 Å². The maximum Gasteiger partial charge on any atom is 0.221 e. The third-order valence-corrected chi connectivity index (χ3v) is 4.07. The van der Waals surface area contributed by atoms with Gasteiger partial charge in [-0.05, 0) is 37.1 Å². The van der Waals surface area contributed by atoms with E-state index < -0.39 is 0 Å². The largest absolute Gasteiger partial charge is 0.496 e. The molecule has 20 heavy (non-hydrogen) atoms. The lowest BCUT2D eigenvalue weighted by atomic mass is 10.1. The molecule has 0 saturated carbocycles. The van der Waals surface area contributed by atoms with Crippen LogP contribution in [0.3, 0.4) is 0 Å². The van der Waals surface area contributed by atoms with E-state index in [1.807, 2.05) is 12.1 Å². The second kappa shape index (κ2) is 7.64. The molecule has 0 spiro atoms. The zero-order valence-corrected chi connectivity index (χ0v) is 13.4. The van der Waals surface area contributed by atoms with Crippen molar-refractivity contribution in [2.45, 2.75) is 19.3 Å². The van der Waals surface area contributed by atoms with E-state index in [0.29, 0.717) is 6.42 Å². The van der Waals surface area contributed by atoms with Crippen molar-refractivity contribution in [3.63, 3.8) is 0 Å². The molecule has 1 N–H and O–H groups in total. The van der Waals surface area contributed by atoms with Crippen LogP contribution in [0.2, 0.25) is 0 Å². The Morgan fingerprint density at radius 3 is 3.05 bits per heavy atom. The van der Waals surface area contributed by atoms with Gasteiger partial charge in [0.05, 0.1) is 7.11 Å². The molecular weight excluding hydrogens is 320 g/mol. The molecule has 1 aromatic carbocycles. The van der Waals surface area contributed by atoms with Gasteiger partial charge in [-0.15, -0.1) is 0 Å². The Morgan fingerprint density at radius 2 is 2.25 bits per heavy atom. The number of hydrogen-bond donors (Lipinski definition) is 1. The SMILES string of the molecule is COc1cc(Br)ccc1CCCN1CCNC(=O)CC1. The van der Waals surface area contributed by atoms with Gasteiger partial charge in [-0.25, -0.2) is 0 Å². The van der Waals surface area contributed by atoms with E-state index in [1.165, 1.54) is 5.56 Å². The number of nitrogens with zero attached hydrogens (tertiary/aromatic N) is 1. The van der Waals surface area contributed by atoms with E-state index in [-0.39, 0.29) is 5.91 Å². The summed E-state index contributed by atoms with van der Waals surface area (Å²) < 4.78 is 6.44. The number of methoxy groups -OCH3 is 1. The van der Waals surface area contributed by atoms with Gasteiger partial charge < -0.3 is 15.0 Å². The molecule has 1 heterocycles. The van der Waals surface area contributed by atoms with Crippen LogP contribution in [0.15, 0.2) is 22.7 Å². The highest BCUT2D eigenvalue weighted by molar-refractivity contribution is 9.10. The number of nitrogens with one attached hydrogen (secondary N) is 1. The Kier molecular flexibility index (Phi) is 5.86. The normalized spacial score (nSPS) is 16.6. The predicted molar refractivity (Wildman–Crippen MR) is 83.1 cm³/mol. The molecular formula is C15H21BrN2O2. The zero-order chi connectivity index (χ0) is 14.4. The smallest absolute Gasteiger partial charge is 0.221 e. The van der Waals surface area contributed by atoms with Gasteiger partial charge in [0.15, 0.2) is 0 Å². The van der Waals surface area contributed by atoms with Crippen LogP contribution in [0.5, 0.6) is 5.75 Å². The third kappa shape index (κ3) is 4.49. The average molecular weight is 341 g/mol. The molecule has 1 aliphatic rings. The summed E-state index contributed by atoms with van der Waals surface area (Å²) in [7, 11) is 1.71. The quantitative estimate of drug-likeness (QED) is 0.893. The Balaban J connectivity index is 1.82. The number of halogens is 1. The summed E-state index contributed by atoms with van der Waals surface area (Å²) in [6.45, 7) is 3.60. The zero-order valence-electron chi connectivity index (χ0n) is 11.8. The Bertz CT molecular complexity index is 465. The van der Waals surface area contributed by atoms with E-state index in [2.05, 4.69) is 32.2 Å². The minimum Gasteiger partial charge on any atom is -0.496 e. The van der Waals surface area contributed by atoms with Gasteiger partial charge in [-0.2, -0.15) is 0 Å². The summed E-state index contributed by atoms with van der Waals surface area (Å²) in [5.41, 5.74) is 1.24. The number of rotatable bonds is 5. The fraction of sp³-hybridized carbons (Fsp3) is 0.533. The van der Waals surface area contributed by atoms with Crippen molar-refractivity contribution in [1.29, 1.82) is 0 Å². The number of ether oxygens (including phenoxy) is 1. The van der Waals surface area contributed by atoms with Gasteiger partial charge in [-0.1, -0.05) is 22.0 Å². The van der Waals surface area contributed by atoms with Gasteiger partial charge in [0.2, 0.25) is 5.91 Å². The van der Waals surface area contributed by atoms with Crippen molar-refractivity contribution >= 4 is 21.8 Å². The first-order chi connectivity index (χ1) is 9.69. The molecule has 0 unspecified atom stereocenters. The first-order valence-corrected chi connectivity index (χ1v) is 7.80. The molecule has 1 aromatic rings. The lowest BCUT2D eigenvalue weighted by Crippen LogP contribution is -2.29. The van der Waals surface area contributed by atoms with Crippen molar-refractivity contribution in [3.05, 3.63) is 28.2 Å². The van der Waals surface area contributed by atoms with Gasteiger partial charge in [-0.3, -0.25) is 4.79 Å². The summed E-state index contributed by atoms with van der Waals surface area (Å²) in [4.78, 5) is 13.6. The molecule has 5 heteroatoms. The van der Waals surface area contributed by atoms with Gasteiger partial charge in [0.1, 0.15) is 5.75 Å². The number of hydrogen-bond acceptors (Lipinski definition) is 3. The molecule has 1 fully saturated rings. The number of carbonyl (C=O) groups is 1. The fourth-order valence-corrected chi connectivity index (χ4v) is 2.80. The first-order valence-electron chi connectivity index (χ1n) is 7.00. The van der Waals surface area contributed by atoms with Crippen LogP contribution in [-0.4, -0.2) is 44.1 Å². The van der Waals surface area contributed by atoms with E-state index in [4.69, 9.17) is 4.74 Å². The van der Waals surface area contributed by atoms with Crippen LogP contribution in [-0.2, 0) is 11.2 Å². The monoisotopic (exact) mass is 340 g/mol. The number of carbonyl (C=O) groups excluding carboxylic acids is 1. The van der Waals surface area contributed by atoms with E-state index in [0.717, 1.165) is 49.2 Å². The summed E-state index contributed by atoms with van der Waals surface area (Å²) in [6.07, 6.45) is 2.68. The van der Waals surface area contributed by atoms with Crippen molar-refractivity contribution in [1.82, 2.24) is 10.2 Å². The summed E-state index contributed by atoms with van der Waals surface area (Å²) >= 11 is 3.46. The molecule has 0 bridgehead atoms. The average Bonchev–Trinajstić information content (AvgIpc) is 2.65. The van der Waals surface area contributed by atoms with E-state index in [9.17, 15) is 4.79 Å². The van der Waals surface area contributed by atoms with Gasteiger partial charge in [0, 0.05) is 30.5 Å². The number of amides is 1. The number of benzene rings is 1. The lowest BCUT2D eigenvalue weighted by molar-refractivity contribution is -0.120. The van der Waals surface area contributed by atoms with Crippen LogP contribution in [0, 0.1) is 0 Å². The highest BCUT2D eigenvalue weighted by Gasteiger charge is 2.13. The molecule has 0 aromatic heterocycles. The highest BCUT2D eigenvalue weighted by Crippen LogP contribution is 2.24. The van der Waals surface area contributed by atoms with Crippen molar-refractivity contribution in [2.75, 3.05) is 33.3 Å². The van der Waals surface area contributed by atoms with Crippen molar-refractivity contribution in [3.8, 4) is 5.75 Å². The van der Waals surface area contributed by atoms with Gasteiger partial charge in [0.25, 0.3) is 0 Å². The Hall–Kier alpha value is -1.07. The summed E-state index contributed by atoms with van der Waals surface area (Å²) in [5.74, 6) is 1.11. The lowest BCUT2D eigenvalue weighted by Gasteiger charge is -2.19. The van der Waals surface area contributed by atoms with Crippen LogP contribution in [0.1, 0.15) is 18.4 Å². The second-order valence-corrected chi connectivity index (χ2v) is 5.92. The third-order valence-electron chi connectivity index (χ3n) is 3.57. The number of aryl methyl sites for hydroxylation is 1. The topological polar surface area (TPSA) is 41.6 Å². The molecule has 110 valence electrons. The van der Waals surface area contributed by atoms with Crippen LogP contribution >= 0.6 is 15.9 Å². The Morgan fingerprint density at radius 1 is 1.40 bits per heavy atom. The van der Waals surface area contributed by atoms with Gasteiger partial charge >= 0.3 is 0 Å². The molecule has 1 saturated heterocycles. The van der Waals surface area contributed by atoms with Crippen molar-refractivity contribution < 1.29 is 9.53 Å². The standard InChI is InChI=1S/C15H21BrN2O2/c1-20-14-11-13(16)5-4-12(14)3-2-8-18-9-6-15(19)17-7-10-18/h4-5,11H,2-3,6-10H2,1H3,(H,17,19). The summed E-state index contributed by atoms with van der Waals surface area (Å²) in [6, 6.07) is 6.16. The maximum atomic E-state index is 11.3. The summed E-state index contributed by atoms with van der Waals surface area (Å²) in [5, 5.41) is 2.90. The maximum absolute atomic E-state index is 11.3. The van der Waals surface area contributed by atoms with E-state index in [1.54, 1.807) is 7.11 Å². The second-order valence-electron chi connectivity index (χ2n) is 5.00. The van der Waals surface area contributed by atoms with Crippen molar-refractivity contribution in [2.24, 2.45) is 0 Å². The van der Waals surface area contributed by atoms with Crippen LogP contribution in [0.25, 0.3) is 0 Å². The Labute approximate surface area is 128 Å².